The molecule has 0 aliphatic carbocycles. The van der Waals surface area contributed by atoms with Crippen molar-refractivity contribution in [3.8, 4) is 5.69 Å². The van der Waals surface area contributed by atoms with Crippen LogP contribution < -0.4 is 5.56 Å². The molecule has 132 valence electrons. The van der Waals surface area contributed by atoms with Crippen LogP contribution in [0.2, 0.25) is 0 Å². The summed E-state index contributed by atoms with van der Waals surface area (Å²) in [5.74, 6) is 0. The van der Waals surface area contributed by atoms with E-state index in [1.54, 1.807) is 20.6 Å². The SMILES string of the molecule is CC1(C)Cc2c(sc3c2c(=O)n(-c2ccccc2)n2nnc(S)c32)CO1. The fourth-order valence-corrected chi connectivity index (χ4v) is 5.10. The molecule has 26 heavy (non-hydrogen) atoms. The Morgan fingerprint density at radius 2 is 2.04 bits per heavy atom. The van der Waals surface area contributed by atoms with Crippen molar-refractivity contribution in [2.75, 3.05) is 0 Å². The highest BCUT2D eigenvalue weighted by Gasteiger charge is 2.32. The summed E-state index contributed by atoms with van der Waals surface area (Å²) in [5.41, 5.74) is 2.19. The summed E-state index contributed by atoms with van der Waals surface area (Å²) in [4.78, 5) is 14.6. The number of rotatable bonds is 1. The second kappa shape index (κ2) is 5.42. The van der Waals surface area contributed by atoms with Crippen LogP contribution in [0.3, 0.4) is 0 Å². The van der Waals surface area contributed by atoms with E-state index in [0.29, 0.717) is 18.1 Å². The summed E-state index contributed by atoms with van der Waals surface area (Å²) in [7, 11) is 0. The average Bonchev–Trinajstić information content (AvgIpc) is 3.16. The molecule has 5 rings (SSSR count). The van der Waals surface area contributed by atoms with Gasteiger partial charge in [0.05, 0.1) is 28.0 Å². The van der Waals surface area contributed by atoms with E-state index in [2.05, 4.69) is 36.8 Å². The molecule has 1 aromatic carbocycles. The van der Waals surface area contributed by atoms with Gasteiger partial charge in [0.2, 0.25) is 0 Å². The monoisotopic (exact) mass is 384 g/mol. The van der Waals surface area contributed by atoms with Crippen LogP contribution in [0.15, 0.2) is 40.2 Å². The zero-order valence-electron chi connectivity index (χ0n) is 14.3. The molecule has 0 amide bonds. The Balaban J connectivity index is 1.97. The third-order valence-electron chi connectivity index (χ3n) is 4.73. The van der Waals surface area contributed by atoms with Gasteiger partial charge in [-0.2, -0.15) is 4.68 Å². The van der Waals surface area contributed by atoms with E-state index in [1.807, 2.05) is 30.3 Å². The molecule has 1 aliphatic rings. The van der Waals surface area contributed by atoms with Crippen molar-refractivity contribution < 1.29 is 4.74 Å². The van der Waals surface area contributed by atoms with E-state index in [9.17, 15) is 4.79 Å². The third kappa shape index (κ3) is 2.19. The Bertz CT molecular complexity index is 1220. The highest BCUT2D eigenvalue weighted by atomic mass is 32.1. The predicted molar refractivity (Wildman–Crippen MR) is 104 cm³/mol. The van der Waals surface area contributed by atoms with Gasteiger partial charge in [-0.3, -0.25) is 4.79 Å². The fourth-order valence-electron chi connectivity index (χ4n) is 3.53. The minimum atomic E-state index is -0.292. The zero-order chi connectivity index (χ0) is 18.1. The maximum atomic E-state index is 13.5. The maximum Gasteiger partial charge on any atom is 0.280 e. The van der Waals surface area contributed by atoms with E-state index < -0.39 is 0 Å². The van der Waals surface area contributed by atoms with Crippen molar-refractivity contribution in [1.29, 1.82) is 0 Å². The van der Waals surface area contributed by atoms with Crippen LogP contribution in [0.5, 0.6) is 0 Å². The number of hydrogen-bond donors (Lipinski definition) is 1. The van der Waals surface area contributed by atoms with Crippen molar-refractivity contribution in [3.05, 3.63) is 51.1 Å². The van der Waals surface area contributed by atoms with Crippen LogP contribution in [-0.4, -0.2) is 25.2 Å². The van der Waals surface area contributed by atoms with Crippen LogP contribution in [0.25, 0.3) is 21.3 Å². The molecule has 3 aromatic heterocycles. The van der Waals surface area contributed by atoms with Gasteiger partial charge in [-0.05, 0) is 36.8 Å². The molecule has 0 atom stereocenters. The van der Waals surface area contributed by atoms with Gasteiger partial charge in [-0.15, -0.1) is 33.7 Å². The normalized spacial score (nSPS) is 16.3. The Morgan fingerprint density at radius 3 is 2.81 bits per heavy atom. The van der Waals surface area contributed by atoms with Crippen molar-refractivity contribution >= 4 is 39.6 Å². The number of benzene rings is 1. The molecule has 0 saturated heterocycles. The quantitative estimate of drug-likeness (QED) is 0.512. The van der Waals surface area contributed by atoms with E-state index in [0.717, 1.165) is 31.7 Å². The van der Waals surface area contributed by atoms with Gasteiger partial charge in [0.15, 0.2) is 0 Å². The number of ether oxygens (including phenoxy) is 1. The number of para-hydroxylation sites is 1. The zero-order valence-corrected chi connectivity index (χ0v) is 16.0. The van der Waals surface area contributed by atoms with Gasteiger partial charge in [-0.1, -0.05) is 18.2 Å². The van der Waals surface area contributed by atoms with Gasteiger partial charge in [0.1, 0.15) is 10.5 Å². The summed E-state index contributed by atoms with van der Waals surface area (Å²) in [6, 6.07) is 9.49. The minimum absolute atomic E-state index is 0.0906. The first kappa shape index (κ1) is 16.0. The second-order valence-corrected chi connectivity index (χ2v) is 8.57. The molecule has 8 heteroatoms. The van der Waals surface area contributed by atoms with Crippen LogP contribution in [0.1, 0.15) is 24.3 Å². The molecule has 0 saturated carbocycles. The molecule has 6 nitrogen and oxygen atoms in total. The Morgan fingerprint density at radius 1 is 1.27 bits per heavy atom. The number of nitrogens with zero attached hydrogens (tertiary/aromatic N) is 4. The highest BCUT2D eigenvalue weighted by Crippen LogP contribution is 2.40. The third-order valence-corrected chi connectivity index (χ3v) is 6.25. The van der Waals surface area contributed by atoms with Gasteiger partial charge in [0, 0.05) is 11.3 Å². The van der Waals surface area contributed by atoms with Crippen LogP contribution >= 0.6 is 24.0 Å². The Kier molecular flexibility index (Phi) is 3.34. The fraction of sp³-hybridized carbons (Fsp3) is 0.278. The first-order chi connectivity index (χ1) is 12.5. The van der Waals surface area contributed by atoms with Crippen LogP contribution in [0, 0.1) is 0 Å². The lowest BCUT2D eigenvalue weighted by molar-refractivity contribution is -0.0379. The number of aromatic nitrogens is 4. The van der Waals surface area contributed by atoms with E-state index in [1.165, 1.54) is 0 Å². The number of fused-ring (bicyclic) bond motifs is 5. The summed E-state index contributed by atoms with van der Waals surface area (Å²) in [6.07, 6.45) is 0.700. The van der Waals surface area contributed by atoms with E-state index in [4.69, 9.17) is 4.74 Å². The van der Waals surface area contributed by atoms with Crippen molar-refractivity contribution in [3.63, 3.8) is 0 Å². The highest BCUT2D eigenvalue weighted by molar-refractivity contribution is 7.80. The first-order valence-corrected chi connectivity index (χ1v) is 9.56. The lowest BCUT2D eigenvalue weighted by Gasteiger charge is -2.30. The Labute approximate surface area is 158 Å². The largest absolute Gasteiger partial charge is 0.370 e. The molecule has 4 aromatic rings. The number of thiophene rings is 1. The molecule has 0 N–H and O–H groups in total. The first-order valence-electron chi connectivity index (χ1n) is 8.29. The standard InChI is InChI=1S/C18H16N4O2S2/c1-18(2)8-11-12(9-24-18)26-15-13(11)17(23)21(10-6-4-3-5-7-10)22-14(15)16(25)19-20-22/h3-7,25H,8-9H2,1-2H3. The lowest BCUT2D eigenvalue weighted by atomic mass is 9.94. The topological polar surface area (TPSA) is 61.4 Å². The minimum Gasteiger partial charge on any atom is -0.370 e. The summed E-state index contributed by atoms with van der Waals surface area (Å²) in [6.45, 7) is 4.62. The van der Waals surface area contributed by atoms with Crippen molar-refractivity contribution in [2.24, 2.45) is 0 Å². The van der Waals surface area contributed by atoms with Crippen LogP contribution in [0.4, 0.5) is 0 Å². The molecule has 0 radical (unpaired) electrons. The summed E-state index contributed by atoms with van der Waals surface area (Å²) in [5, 5.41) is 9.51. The Hall–Kier alpha value is -2.16. The molecular formula is C18H16N4O2S2. The van der Waals surface area contributed by atoms with Crippen LogP contribution in [-0.2, 0) is 17.8 Å². The second-order valence-electron chi connectivity index (χ2n) is 7.04. The summed E-state index contributed by atoms with van der Waals surface area (Å²) < 4.78 is 9.94. The average molecular weight is 384 g/mol. The number of hydrogen-bond acceptors (Lipinski definition) is 6. The molecule has 0 bridgehead atoms. The molecule has 4 heterocycles. The smallest absolute Gasteiger partial charge is 0.280 e. The predicted octanol–water partition coefficient (Wildman–Crippen LogP) is 3.23. The van der Waals surface area contributed by atoms with Gasteiger partial charge in [0.25, 0.3) is 5.56 Å². The van der Waals surface area contributed by atoms with E-state index >= 15 is 0 Å². The number of thiol groups is 1. The molecule has 1 aliphatic heterocycles. The van der Waals surface area contributed by atoms with Gasteiger partial charge in [-0.25, -0.2) is 0 Å². The lowest BCUT2D eigenvalue weighted by Crippen LogP contribution is -2.32. The molecular weight excluding hydrogens is 368 g/mol. The van der Waals surface area contributed by atoms with Gasteiger partial charge < -0.3 is 4.74 Å². The molecule has 0 spiro atoms. The maximum absolute atomic E-state index is 13.5. The van der Waals surface area contributed by atoms with Crippen molar-refractivity contribution in [1.82, 2.24) is 19.6 Å². The van der Waals surface area contributed by atoms with Crippen molar-refractivity contribution in [2.45, 2.75) is 37.5 Å². The van der Waals surface area contributed by atoms with Gasteiger partial charge >= 0.3 is 0 Å². The summed E-state index contributed by atoms with van der Waals surface area (Å²) >= 11 is 6.07. The van der Waals surface area contributed by atoms with E-state index in [-0.39, 0.29) is 11.2 Å². The molecule has 0 fully saturated rings. The molecule has 0 unspecified atom stereocenters.